The van der Waals surface area contributed by atoms with Crippen LogP contribution in [0.3, 0.4) is 0 Å². The molecule has 5 heteroatoms. The Kier molecular flexibility index (Phi) is 4.69. The lowest BCUT2D eigenvalue weighted by molar-refractivity contribution is 0.215. The Morgan fingerprint density at radius 3 is 2.68 bits per heavy atom. The number of hydrogen-bond donors (Lipinski definition) is 2. The van der Waals surface area contributed by atoms with Crippen molar-refractivity contribution in [3.05, 3.63) is 5.69 Å². The summed E-state index contributed by atoms with van der Waals surface area (Å²) >= 11 is 0. The van der Waals surface area contributed by atoms with Gasteiger partial charge in [-0.25, -0.2) is 4.68 Å². The Hall–Kier alpha value is -1.23. The van der Waals surface area contributed by atoms with Crippen molar-refractivity contribution in [2.24, 2.45) is 5.92 Å². The number of anilines is 2. The van der Waals surface area contributed by atoms with Gasteiger partial charge in [0.2, 0.25) is 0 Å². The number of aryl methyl sites for hydroxylation is 2. The number of nitrogens with two attached hydrogens (primary N) is 1. The van der Waals surface area contributed by atoms with E-state index in [1.807, 2.05) is 11.6 Å². The molecule has 0 amide bonds. The number of aromatic nitrogens is 2. The van der Waals surface area contributed by atoms with Gasteiger partial charge in [0.1, 0.15) is 5.82 Å². The second kappa shape index (κ2) is 6.28. The molecule has 1 fully saturated rings. The molecule has 0 aromatic carbocycles. The van der Waals surface area contributed by atoms with Gasteiger partial charge in [0.05, 0.1) is 11.4 Å². The Balaban J connectivity index is 1.82. The lowest BCUT2D eigenvalue weighted by Crippen LogP contribution is -2.31. The van der Waals surface area contributed by atoms with Gasteiger partial charge in [-0.05, 0) is 59.2 Å². The first-order valence-corrected chi connectivity index (χ1v) is 7.37. The Morgan fingerprint density at radius 2 is 2.05 bits per heavy atom. The highest BCUT2D eigenvalue weighted by Crippen LogP contribution is 2.23. The molecular formula is C14H27N5. The predicted molar refractivity (Wildman–Crippen MR) is 80.4 cm³/mol. The van der Waals surface area contributed by atoms with E-state index in [-0.39, 0.29) is 0 Å². The van der Waals surface area contributed by atoms with Crippen molar-refractivity contribution in [3.8, 4) is 0 Å². The van der Waals surface area contributed by atoms with Crippen molar-refractivity contribution in [2.45, 2.75) is 39.7 Å². The number of nitrogens with zero attached hydrogens (tertiary/aromatic N) is 3. The number of piperidine rings is 1. The number of likely N-dealkylation sites (tertiary alicyclic amines) is 1. The summed E-state index contributed by atoms with van der Waals surface area (Å²) in [6.45, 7) is 8.37. The highest BCUT2D eigenvalue weighted by atomic mass is 15.3. The van der Waals surface area contributed by atoms with Gasteiger partial charge in [-0.3, -0.25) is 0 Å². The smallest absolute Gasteiger partial charge is 0.148 e. The van der Waals surface area contributed by atoms with Gasteiger partial charge in [-0.2, -0.15) is 5.10 Å². The third-order valence-electron chi connectivity index (χ3n) is 4.16. The maximum absolute atomic E-state index is 6.06. The summed E-state index contributed by atoms with van der Waals surface area (Å²) in [4.78, 5) is 2.41. The fourth-order valence-electron chi connectivity index (χ4n) is 2.76. The molecule has 0 atom stereocenters. The van der Waals surface area contributed by atoms with Gasteiger partial charge >= 0.3 is 0 Å². The highest BCUT2D eigenvalue weighted by molar-refractivity contribution is 5.64. The molecule has 2 rings (SSSR count). The van der Waals surface area contributed by atoms with E-state index in [2.05, 4.69) is 29.3 Å². The molecule has 0 unspecified atom stereocenters. The van der Waals surface area contributed by atoms with Crippen LogP contribution in [-0.4, -0.2) is 41.4 Å². The van der Waals surface area contributed by atoms with Gasteiger partial charge in [-0.15, -0.1) is 0 Å². The average molecular weight is 265 g/mol. The Bertz CT molecular complexity index is 404. The predicted octanol–water partition coefficient (Wildman–Crippen LogP) is 1.94. The lowest BCUT2D eigenvalue weighted by atomic mass is 9.94. The molecule has 1 aromatic heterocycles. The topological polar surface area (TPSA) is 59.1 Å². The van der Waals surface area contributed by atoms with Crippen LogP contribution in [0, 0.1) is 12.8 Å². The van der Waals surface area contributed by atoms with E-state index in [4.69, 9.17) is 5.73 Å². The summed E-state index contributed by atoms with van der Waals surface area (Å²) in [5.41, 5.74) is 7.78. The van der Waals surface area contributed by atoms with Crippen LogP contribution in [0.2, 0.25) is 0 Å². The monoisotopic (exact) mass is 265 g/mol. The van der Waals surface area contributed by atoms with Crippen LogP contribution < -0.4 is 11.1 Å². The van der Waals surface area contributed by atoms with Crippen LogP contribution in [0.4, 0.5) is 11.5 Å². The first-order valence-electron chi connectivity index (χ1n) is 7.37. The summed E-state index contributed by atoms with van der Waals surface area (Å²) in [5.74, 6) is 1.84. The van der Waals surface area contributed by atoms with Crippen LogP contribution in [0.25, 0.3) is 0 Å². The molecular weight excluding hydrogens is 238 g/mol. The van der Waals surface area contributed by atoms with Gasteiger partial charge < -0.3 is 16.0 Å². The number of hydrogen-bond acceptors (Lipinski definition) is 4. The number of rotatable bonds is 5. The van der Waals surface area contributed by atoms with Gasteiger partial charge in [0, 0.05) is 13.1 Å². The molecule has 2 heterocycles. The van der Waals surface area contributed by atoms with E-state index in [0.717, 1.165) is 36.2 Å². The van der Waals surface area contributed by atoms with Gasteiger partial charge in [-0.1, -0.05) is 0 Å². The van der Waals surface area contributed by atoms with Crippen LogP contribution in [0.15, 0.2) is 0 Å². The van der Waals surface area contributed by atoms with Crippen molar-refractivity contribution in [1.82, 2.24) is 14.7 Å². The molecule has 0 bridgehead atoms. The first-order chi connectivity index (χ1) is 9.11. The molecule has 0 saturated carbocycles. The zero-order valence-electron chi connectivity index (χ0n) is 12.4. The van der Waals surface area contributed by atoms with E-state index in [0.29, 0.717) is 0 Å². The second-order valence-electron chi connectivity index (χ2n) is 5.63. The van der Waals surface area contributed by atoms with Crippen LogP contribution in [0.1, 0.15) is 31.9 Å². The maximum atomic E-state index is 6.06. The van der Waals surface area contributed by atoms with Crippen molar-refractivity contribution >= 4 is 11.5 Å². The van der Waals surface area contributed by atoms with Crippen molar-refractivity contribution < 1.29 is 0 Å². The molecule has 0 radical (unpaired) electrons. The molecule has 1 aliphatic rings. The van der Waals surface area contributed by atoms with Crippen molar-refractivity contribution in [1.29, 1.82) is 0 Å². The van der Waals surface area contributed by atoms with E-state index in [1.165, 1.54) is 32.4 Å². The molecule has 108 valence electrons. The molecule has 0 spiro atoms. The molecule has 1 aromatic rings. The quantitative estimate of drug-likeness (QED) is 0.854. The molecule has 3 N–H and O–H groups in total. The standard InChI is InChI=1S/C14H27N5/c1-4-19-14(13(15)11(2)17-19)16-8-5-12-6-9-18(3)10-7-12/h12,16H,4-10,15H2,1-3H3. The second-order valence-corrected chi connectivity index (χ2v) is 5.63. The van der Waals surface area contributed by atoms with E-state index >= 15 is 0 Å². The van der Waals surface area contributed by atoms with Crippen LogP contribution >= 0.6 is 0 Å². The fourth-order valence-corrected chi connectivity index (χ4v) is 2.76. The first kappa shape index (κ1) is 14.2. The van der Waals surface area contributed by atoms with Crippen molar-refractivity contribution in [2.75, 3.05) is 37.7 Å². The lowest BCUT2D eigenvalue weighted by Gasteiger charge is -2.29. The Morgan fingerprint density at radius 1 is 1.37 bits per heavy atom. The maximum Gasteiger partial charge on any atom is 0.148 e. The Labute approximate surface area is 116 Å². The summed E-state index contributed by atoms with van der Waals surface area (Å²) < 4.78 is 1.96. The van der Waals surface area contributed by atoms with Crippen LogP contribution in [-0.2, 0) is 6.54 Å². The largest absolute Gasteiger partial charge is 0.394 e. The molecule has 19 heavy (non-hydrogen) atoms. The summed E-state index contributed by atoms with van der Waals surface area (Å²) in [5, 5.41) is 7.90. The number of nitrogen functional groups attached to an aromatic ring is 1. The van der Waals surface area contributed by atoms with Crippen molar-refractivity contribution in [3.63, 3.8) is 0 Å². The molecule has 1 saturated heterocycles. The fraction of sp³-hybridized carbons (Fsp3) is 0.786. The normalized spacial score (nSPS) is 17.8. The highest BCUT2D eigenvalue weighted by Gasteiger charge is 2.17. The van der Waals surface area contributed by atoms with E-state index < -0.39 is 0 Å². The third-order valence-corrected chi connectivity index (χ3v) is 4.16. The zero-order chi connectivity index (χ0) is 13.8. The minimum Gasteiger partial charge on any atom is -0.394 e. The van der Waals surface area contributed by atoms with Crippen LogP contribution in [0.5, 0.6) is 0 Å². The molecule has 1 aliphatic heterocycles. The van der Waals surface area contributed by atoms with E-state index in [1.54, 1.807) is 0 Å². The summed E-state index contributed by atoms with van der Waals surface area (Å²) in [7, 11) is 2.21. The van der Waals surface area contributed by atoms with E-state index in [9.17, 15) is 0 Å². The SMILES string of the molecule is CCn1nc(C)c(N)c1NCCC1CCN(C)CC1. The minimum atomic E-state index is 0.797. The van der Waals surface area contributed by atoms with Gasteiger partial charge in [0.25, 0.3) is 0 Å². The minimum absolute atomic E-state index is 0.797. The number of nitrogens with one attached hydrogen (secondary N) is 1. The average Bonchev–Trinajstić information content (AvgIpc) is 2.68. The summed E-state index contributed by atoms with van der Waals surface area (Å²) in [6.07, 6.45) is 3.86. The molecule has 5 nitrogen and oxygen atoms in total. The third kappa shape index (κ3) is 3.41. The van der Waals surface area contributed by atoms with Gasteiger partial charge in [0.15, 0.2) is 0 Å². The zero-order valence-corrected chi connectivity index (χ0v) is 12.4. The summed E-state index contributed by atoms with van der Waals surface area (Å²) in [6, 6.07) is 0. The molecule has 0 aliphatic carbocycles.